The van der Waals surface area contributed by atoms with Gasteiger partial charge in [0.2, 0.25) is 5.89 Å². The Morgan fingerprint density at radius 1 is 0.333 bits per heavy atom. The SMILES string of the molecule is c1ccc(-c2nc(-c3ccc4ccccc4c3)nc(-c3ccc4oc5cc6oc(-c7ccc8ccccc8c7)nc6cc5c4c3)n2)cc1. The standard InChI is InChI=1S/C42H24N4O2/c1-2-10-27(11-3-1)39-44-40(30-16-14-25-8-4-6-12-28(25)20-30)46-41(45-39)31-18-19-36-33(22-31)34-23-35-38(24-37(34)47-36)48-42(43-35)32-17-15-26-9-5-7-13-29(26)21-32/h1-24H. The minimum absolute atomic E-state index is 0.577. The third kappa shape index (κ3) is 4.42. The molecule has 7 aromatic carbocycles. The summed E-state index contributed by atoms with van der Waals surface area (Å²) in [6.45, 7) is 0. The second-order valence-corrected chi connectivity index (χ2v) is 11.9. The lowest BCUT2D eigenvalue weighted by molar-refractivity contribution is 0.617. The maximum absolute atomic E-state index is 6.31. The lowest BCUT2D eigenvalue weighted by Crippen LogP contribution is -2.00. The Kier molecular flexibility index (Phi) is 5.77. The van der Waals surface area contributed by atoms with Crippen molar-refractivity contribution in [1.29, 1.82) is 0 Å². The summed E-state index contributed by atoms with van der Waals surface area (Å²) < 4.78 is 12.5. The maximum atomic E-state index is 6.31. The summed E-state index contributed by atoms with van der Waals surface area (Å²) >= 11 is 0. The number of nitrogens with zero attached hydrogens (tertiary/aromatic N) is 4. The van der Waals surface area contributed by atoms with Crippen molar-refractivity contribution in [2.24, 2.45) is 0 Å². The minimum atomic E-state index is 0.577. The number of aromatic nitrogens is 4. The fourth-order valence-corrected chi connectivity index (χ4v) is 6.46. The third-order valence-corrected chi connectivity index (χ3v) is 8.91. The monoisotopic (exact) mass is 616 g/mol. The molecule has 0 bridgehead atoms. The topological polar surface area (TPSA) is 77.8 Å². The van der Waals surface area contributed by atoms with Gasteiger partial charge in [0.05, 0.1) is 0 Å². The predicted molar refractivity (Wildman–Crippen MR) is 191 cm³/mol. The fraction of sp³-hybridized carbons (Fsp3) is 0. The Balaban J connectivity index is 1.11. The molecule has 0 saturated carbocycles. The number of rotatable bonds is 4. The van der Waals surface area contributed by atoms with E-state index in [-0.39, 0.29) is 0 Å². The lowest BCUT2D eigenvalue weighted by Gasteiger charge is -2.09. The van der Waals surface area contributed by atoms with Crippen molar-refractivity contribution in [3.05, 3.63) is 146 Å². The molecule has 10 aromatic rings. The van der Waals surface area contributed by atoms with Crippen LogP contribution in [0.25, 0.3) is 100 Å². The number of fused-ring (bicyclic) bond motifs is 6. The number of furan rings is 1. The van der Waals surface area contributed by atoms with Crippen LogP contribution >= 0.6 is 0 Å². The van der Waals surface area contributed by atoms with Crippen molar-refractivity contribution in [3.8, 4) is 45.6 Å². The highest BCUT2D eigenvalue weighted by Crippen LogP contribution is 2.36. The average Bonchev–Trinajstić information content (AvgIpc) is 3.73. The first-order valence-electron chi connectivity index (χ1n) is 15.8. The highest BCUT2D eigenvalue weighted by atomic mass is 16.4. The zero-order chi connectivity index (χ0) is 31.6. The highest BCUT2D eigenvalue weighted by Gasteiger charge is 2.17. The summed E-state index contributed by atoms with van der Waals surface area (Å²) in [5, 5.41) is 6.52. The second-order valence-electron chi connectivity index (χ2n) is 11.9. The van der Waals surface area contributed by atoms with Gasteiger partial charge in [-0.15, -0.1) is 0 Å². The van der Waals surface area contributed by atoms with Crippen LogP contribution < -0.4 is 0 Å². The largest absolute Gasteiger partial charge is 0.456 e. The van der Waals surface area contributed by atoms with Crippen molar-refractivity contribution < 1.29 is 8.83 Å². The van der Waals surface area contributed by atoms with E-state index in [4.69, 9.17) is 28.8 Å². The predicted octanol–water partition coefficient (Wildman–Crippen LogP) is 10.9. The molecule has 0 fully saturated rings. The Hall–Kier alpha value is -6.66. The molecule has 0 amide bonds. The van der Waals surface area contributed by atoms with E-state index in [0.29, 0.717) is 28.9 Å². The van der Waals surface area contributed by atoms with Crippen molar-refractivity contribution in [2.45, 2.75) is 0 Å². The highest BCUT2D eigenvalue weighted by molar-refractivity contribution is 6.10. The Labute approximate surface area is 274 Å². The van der Waals surface area contributed by atoms with Crippen LogP contribution in [0.3, 0.4) is 0 Å². The van der Waals surface area contributed by atoms with Gasteiger partial charge in [0.1, 0.15) is 16.7 Å². The number of hydrogen-bond acceptors (Lipinski definition) is 6. The molecule has 224 valence electrons. The third-order valence-electron chi connectivity index (χ3n) is 8.91. The molecule has 0 aliphatic rings. The van der Waals surface area contributed by atoms with Crippen LogP contribution in [0, 0.1) is 0 Å². The summed E-state index contributed by atoms with van der Waals surface area (Å²) in [5.41, 5.74) is 6.59. The molecule has 0 spiro atoms. The van der Waals surface area contributed by atoms with E-state index in [0.717, 1.165) is 60.5 Å². The van der Waals surface area contributed by atoms with Gasteiger partial charge in [-0.2, -0.15) is 0 Å². The molecular weight excluding hydrogens is 592 g/mol. The minimum Gasteiger partial charge on any atom is -0.456 e. The molecule has 3 aromatic heterocycles. The number of oxazole rings is 1. The molecule has 6 nitrogen and oxygen atoms in total. The number of benzene rings is 7. The Morgan fingerprint density at radius 2 is 0.896 bits per heavy atom. The van der Waals surface area contributed by atoms with Crippen molar-refractivity contribution >= 4 is 54.6 Å². The van der Waals surface area contributed by atoms with Gasteiger partial charge in [-0.25, -0.2) is 19.9 Å². The molecular formula is C42H24N4O2. The van der Waals surface area contributed by atoms with Crippen LogP contribution in [0.2, 0.25) is 0 Å². The van der Waals surface area contributed by atoms with Gasteiger partial charge < -0.3 is 8.83 Å². The quantitative estimate of drug-likeness (QED) is 0.196. The van der Waals surface area contributed by atoms with Crippen LogP contribution in [0.5, 0.6) is 0 Å². The molecule has 0 N–H and O–H groups in total. The molecule has 6 heteroatoms. The maximum Gasteiger partial charge on any atom is 0.227 e. The van der Waals surface area contributed by atoms with Gasteiger partial charge in [0.25, 0.3) is 0 Å². The zero-order valence-electron chi connectivity index (χ0n) is 25.5. The van der Waals surface area contributed by atoms with Crippen LogP contribution in [0.1, 0.15) is 0 Å². The van der Waals surface area contributed by atoms with Gasteiger partial charge in [-0.05, 0) is 64.0 Å². The van der Waals surface area contributed by atoms with Crippen LogP contribution in [-0.4, -0.2) is 19.9 Å². The first-order chi connectivity index (χ1) is 23.7. The number of hydrogen-bond donors (Lipinski definition) is 0. The Morgan fingerprint density at radius 3 is 1.62 bits per heavy atom. The molecule has 48 heavy (non-hydrogen) atoms. The van der Waals surface area contributed by atoms with Crippen molar-refractivity contribution in [1.82, 2.24) is 19.9 Å². The van der Waals surface area contributed by atoms with Gasteiger partial charge in [-0.3, -0.25) is 0 Å². The van der Waals surface area contributed by atoms with Crippen molar-refractivity contribution in [3.63, 3.8) is 0 Å². The van der Waals surface area contributed by atoms with E-state index >= 15 is 0 Å². The molecule has 0 saturated heterocycles. The molecule has 0 aliphatic heterocycles. The average molecular weight is 617 g/mol. The fourth-order valence-electron chi connectivity index (χ4n) is 6.46. The normalized spacial score (nSPS) is 11.8. The van der Waals surface area contributed by atoms with E-state index < -0.39 is 0 Å². The summed E-state index contributed by atoms with van der Waals surface area (Å²) in [6.07, 6.45) is 0. The molecule has 0 atom stereocenters. The smallest absolute Gasteiger partial charge is 0.227 e. The lowest BCUT2D eigenvalue weighted by atomic mass is 10.1. The van der Waals surface area contributed by atoms with E-state index in [1.54, 1.807) is 0 Å². The van der Waals surface area contributed by atoms with Crippen LogP contribution in [0.15, 0.2) is 154 Å². The van der Waals surface area contributed by atoms with E-state index in [2.05, 4.69) is 60.7 Å². The summed E-state index contributed by atoms with van der Waals surface area (Å²) in [4.78, 5) is 19.8. The summed E-state index contributed by atoms with van der Waals surface area (Å²) in [6, 6.07) is 49.2. The summed E-state index contributed by atoms with van der Waals surface area (Å²) in [7, 11) is 0. The molecule has 0 unspecified atom stereocenters. The molecule has 0 radical (unpaired) electrons. The van der Waals surface area contributed by atoms with E-state index in [9.17, 15) is 0 Å². The molecule has 10 rings (SSSR count). The van der Waals surface area contributed by atoms with Crippen molar-refractivity contribution in [2.75, 3.05) is 0 Å². The second kappa shape index (κ2) is 10.4. The van der Waals surface area contributed by atoms with Crippen LogP contribution in [-0.2, 0) is 0 Å². The first kappa shape index (κ1) is 26.5. The van der Waals surface area contributed by atoms with Gasteiger partial charge in [0.15, 0.2) is 23.1 Å². The van der Waals surface area contributed by atoms with E-state index in [1.807, 2.05) is 84.9 Å². The molecule has 0 aliphatic carbocycles. The molecule has 3 heterocycles. The van der Waals surface area contributed by atoms with E-state index in [1.165, 1.54) is 10.8 Å². The van der Waals surface area contributed by atoms with Crippen LogP contribution in [0.4, 0.5) is 0 Å². The first-order valence-corrected chi connectivity index (χ1v) is 15.8. The van der Waals surface area contributed by atoms with Gasteiger partial charge in [0, 0.05) is 39.1 Å². The Bertz CT molecular complexity index is 2850. The van der Waals surface area contributed by atoms with Gasteiger partial charge >= 0.3 is 0 Å². The van der Waals surface area contributed by atoms with Gasteiger partial charge in [-0.1, -0.05) is 97.1 Å². The zero-order valence-corrected chi connectivity index (χ0v) is 25.5. The summed E-state index contributed by atoms with van der Waals surface area (Å²) in [5.74, 6) is 2.40.